The van der Waals surface area contributed by atoms with Crippen LogP contribution in [0, 0.1) is 0 Å². The van der Waals surface area contributed by atoms with Crippen LogP contribution in [0.3, 0.4) is 0 Å². The number of rotatable bonds is 2. The maximum absolute atomic E-state index is 7.66. The highest BCUT2D eigenvalue weighted by Gasteiger charge is 1.65. The first kappa shape index (κ1) is 22.5. The Balaban J connectivity index is -0.0000000453. The molecule has 0 saturated heterocycles. The molecular formula is C9H25N3. The van der Waals surface area contributed by atoms with Crippen molar-refractivity contribution < 1.29 is 0 Å². The van der Waals surface area contributed by atoms with Gasteiger partial charge in [0.05, 0.1) is 0 Å². The predicted molar refractivity (Wildman–Crippen MR) is 58.3 cm³/mol. The summed E-state index contributed by atoms with van der Waals surface area (Å²) in [5, 5.41) is 3.27. The van der Waals surface area contributed by atoms with E-state index in [-0.39, 0.29) is 0 Å². The van der Waals surface area contributed by atoms with Crippen LogP contribution < -0.4 is 0 Å². The molecule has 0 radical (unpaired) electrons. The fraction of sp³-hybridized carbons (Fsp3) is 1.00. The first-order chi connectivity index (χ1) is 5.91. The number of hydrogen-bond donors (Lipinski definition) is 0. The van der Waals surface area contributed by atoms with Crippen LogP contribution in [0.15, 0.2) is 5.11 Å². The third kappa shape index (κ3) is 120. The van der Waals surface area contributed by atoms with Crippen LogP contribution in [-0.4, -0.2) is 6.54 Å². The van der Waals surface area contributed by atoms with Gasteiger partial charge in [-0.25, -0.2) is 0 Å². The van der Waals surface area contributed by atoms with Crippen molar-refractivity contribution in [2.24, 2.45) is 5.11 Å². The van der Waals surface area contributed by atoms with Gasteiger partial charge in [-0.1, -0.05) is 60.0 Å². The van der Waals surface area contributed by atoms with Crippen molar-refractivity contribution in [2.45, 2.75) is 54.9 Å². The van der Waals surface area contributed by atoms with Gasteiger partial charge < -0.3 is 0 Å². The molecule has 0 saturated carbocycles. The Morgan fingerprint density at radius 3 is 1.42 bits per heavy atom. The lowest BCUT2D eigenvalue weighted by Gasteiger charge is -1.71. The lowest BCUT2D eigenvalue weighted by Crippen LogP contribution is -1.65. The minimum atomic E-state index is 0.622. The molecule has 0 aromatic carbocycles. The van der Waals surface area contributed by atoms with Gasteiger partial charge in [0.25, 0.3) is 0 Å². The van der Waals surface area contributed by atoms with Gasteiger partial charge in [0, 0.05) is 11.5 Å². The van der Waals surface area contributed by atoms with Gasteiger partial charge in [0.15, 0.2) is 0 Å². The molecular weight excluding hydrogens is 150 g/mol. The fourth-order valence-corrected chi connectivity index (χ4v) is 0.145. The Morgan fingerprint density at radius 2 is 1.33 bits per heavy atom. The molecule has 0 spiro atoms. The highest BCUT2D eigenvalue weighted by Crippen LogP contribution is 1.74. The largest absolute Gasteiger partial charge is 0.0940 e. The topological polar surface area (TPSA) is 48.8 Å². The zero-order chi connectivity index (χ0) is 10.8. The second kappa shape index (κ2) is 81.6. The zero-order valence-electron chi connectivity index (χ0n) is 9.76. The molecule has 0 fully saturated rings. The van der Waals surface area contributed by atoms with Gasteiger partial charge >= 0.3 is 0 Å². The van der Waals surface area contributed by atoms with E-state index in [9.17, 15) is 0 Å². The molecule has 12 heavy (non-hydrogen) atoms. The van der Waals surface area contributed by atoms with Gasteiger partial charge in [-0.3, -0.25) is 0 Å². The first-order valence-corrected chi connectivity index (χ1v) is 4.92. The molecule has 0 aromatic rings. The van der Waals surface area contributed by atoms with Gasteiger partial charge in [0.2, 0.25) is 0 Å². The van der Waals surface area contributed by atoms with Crippen LogP contribution in [0.25, 0.3) is 10.4 Å². The summed E-state index contributed by atoms with van der Waals surface area (Å²) >= 11 is 0. The second-order valence-electron chi connectivity index (χ2n) is 0.954. The minimum absolute atomic E-state index is 0.622. The first-order valence-electron chi connectivity index (χ1n) is 4.92. The van der Waals surface area contributed by atoms with Crippen LogP contribution in [-0.2, 0) is 0 Å². The van der Waals surface area contributed by atoms with E-state index in [0.717, 1.165) is 6.42 Å². The summed E-state index contributed by atoms with van der Waals surface area (Å²) in [6.07, 6.45) is 0.935. The summed E-state index contributed by atoms with van der Waals surface area (Å²) in [5.41, 5.74) is 7.66. The molecule has 0 aliphatic rings. The molecule has 3 nitrogen and oxygen atoms in total. The Hall–Kier alpha value is -0.690. The highest BCUT2D eigenvalue weighted by molar-refractivity contribution is 4.40. The molecule has 0 unspecified atom stereocenters. The van der Waals surface area contributed by atoms with Gasteiger partial charge in [-0.15, -0.1) is 0 Å². The Labute approximate surface area is 77.8 Å². The van der Waals surface area contributed by atoms with E-state index in [1.807, 2.05) is 48.5 Å². The van der Waals surface area contributed by atoms with Crippen LogP contribution in [0.4, 0.5) is 0 Å². The van der Waals surface area contributed by atoms with Crippen molar-refractivity contribution >= 4 is 0 Å². The van der Waals surface area contributed by atoms with E-state index in [2.05, 4.69) is 10.0 Å². The minimum Gasteiger partial charge on any atom is -0.0940 e. The molecule has 0 aromatic heterocycles. The van der Waals surface area contributed by atoms with E-state index >= 15 is 0 Å². The van der Waals surface area contributed by atoms with E-state index in [1.54, 1.807) is 0 Å². The molecule has 0 heterocycles. The molecule has 0 amide bonds. The smallest absolute Gasteiger partial charge is 0.0255 e. The van der Waals surface area contributed by atoms with E-state index in [4.69, 9.17) is 5.53 Å². The van der Waals surface area contributed by atoms with Crippen molar-refractivity contribution in [3.8, 4) is 0 Å². The molecule has 0 atom stereocenters. The van der Waals surface area contributed by atoms with Crippen LogP contribution in [0.1, 0.15) is 54.9 Å². The monoisotopic (exact) mass is 175 g/mol. The maximum Gasteiger partial charge on any atom is 0.0255 e. The van der Waals surface area contributed by atoms with E-state index in [1.165, 1.54) is 0 Å². The maximum atomic E-state index is 7.66. The summed E-state index contributed by atoms with van der Waals surface area (Å²) in [5.74, 6) is 0. The van der Waals surface area contributed by atoms with Crippen molar-refractivity contribution in [1.82, 2.24) is 0 Å². The summed E-state index contributed by atoms with van der Waals surface area (Å²) < 4.78 is 0. The van der Waals surface area contributed by atoms with Gasteiger partial charge in [-0.2, -0.15) is 0 Å². The summed E-state index contributed by atoms with van der Waals surface area (Å²) in [7, 11) is 0. The van der Waals surface area contributed by atoms with Crippen LogP contribution in [0.5, 0.6) is 0 Å². The lowest BCUT2D eigenvalue weighted by atomic mass is 10.5. The number of nitrogens with zero attached hydrogens (tertiary/aromatic N) is 3. The summed E-state index contributed by atoms with van der Waals surface area (Å²) in [6, 6.07) is 0. The molecule has 0 aliphatic heterocycles. The number of hydrogen-bond acceptors (Lipinski definition) is 1. The molecule has 76 valence electrons. The molecule has 3 heteroatoms. The Kier molecular flexibility index (Phi) is 153. The van der Waals surface area contributed by atoms with E-state index in [0.29, 0.717) is 6.54 Å². The lowest BCUT2D eigenvalue weighted by molar-refractivity contribution is 0.922. The SMILES string of the molecule is CC.CC.CC.CCCN=[N+]=[N-]. The fourth-order valence-electron chi connectivity index (χ4n) is 0.145. The van der Waals surface area contributed by atoms with E-state index < -0.39 is 0 Å². The summed E-state index contributed by atoms with van der Waals surface area (Å²) in [6.45, 7) is 14.6. The Morgan fingerprint density at radius 1 is 1.00 bits per heavy atom. The van der Waals surface area contributed by atoms with Crippen LogP contribution >= 0.6 is 0 Å². The average molecular weight is 175 g/mol. The molecule has 0 rings (SSSR count). The van der Waals surface area contributed by atoms with Crippen molar-refractivity contribution in [2.75, 3.05) is 6.54 Å². The number of azide groups is 1. The van der Waals surface area contributed by atoms with Crippen molar-refractivity contribution in [3.05, 3.63) is 10.4 Å². The quantitative estimate of drug-likeness (QED) is 0.329. The van der Waals surface area contributed by atoms with Gasteiger partial charge in [-0.05, 0) is 5.53 Å². The summed E-state index contributed by atoms with van der Waals surface area (Å²) in [4.78, 5) is 2.55. The molecule has 0 N–H and O–H groups in total. The standard InChI is InChI=1S/C3H7N3.3C2H6/c1-2-3-5-6-4;3*1-2/h2-3H2,1H3;3*1-2H3. The van der Waals surface area contributed by atoms with Crippen LogP contribution in [0.2, 0.25) is 0 Å². The van der Waals surface area contributed by atoms with Gasteiger partial charge in [0.1, 0.15) is 0 Å². The highest BCUT2D eigenvalue weighted by atomic mass is 15.1. The Bertz CT molecular complexity index is 66.2. The normalized spacial score (nSPS) is 4.92. The third-order valence-electron chi connectivity index (χ3n) is 0.387. The predicted octanol–water partition coefficient (Wildman–Crippen LogP) is 4.79. The van der Waals surface area contributed by atoms with Crippen molar-refractivity contribution in [1.29, 1.82) is 0 Å². The average Bonchev–Trinajstić information content (AvgIpc) is 2.24. The zero-order valence-corrected chi connectivity index (χ0v) is 9.76. The second-order valence-corrected chi connectivity index (χ2v) is 0.954. The van der Waals surface area contributed by atoms with Crippen molar-refractivity contribution in [3.63, 3.8) is 0 Å². The molecule has 0 bridgehead atoms. The third-order valence-corrected chi connectivity index (χ3v) is 0.387. The molecule has 0 aliphatic carbocycles.